The van der Waals surface area contributed by atoms with Gasteiger partial charge in [0, 0.05) is 12.2 Å². The summed E-state index contributed by atoms with van der Waals surface area (Å²) in [6.45, 7) is 2.53. The Kier molecular flexibility index (Phi) is 6.36. The summed E-state index contributed by atoms with van der Waals surface area (Å²) in [6, 6.07) is 21.3. The van der Waals surface area contributed by atoms with Crippen LogP contribution >= 0.6 is 0 Å². The van der Waals surface area contributed by atoms with Crippen LogP contribution in [0, 0.1) is 0 Å². The van der Waals surface area contributed by atoms with Crippen LogP contribution in [0.5, 0.6) is 11.5 Å². The van der Waals surface area contributed by atoms with E-state index in [1.165, 1.54) is 0 Å². The number of aromatic nitrogens is 1. The molecule has 2 N–H and O–H groups in total. The SMILES string of the molecule is CCCNC(=O)c1cccc(C(=O)Nc2ccc(Oc3ccccc3)cc2)n1. The molecule has 0 saturated carbocycles. The van der Waals surface area contributed by atoms with Crippen LogP contribution in [0.2, 0.25) is 0 Å². The number of carbonyl (C=O) groups excluding carboxylic acids is 2. The minimum absolute atomic E-state index is 0.175. The Bertz CT molecular complexity index is 941. The fourth-order valence-corrected chi connectivity index (χ4v) is 2.44. The zero-order valence-corrected chi connectivity index (χ0v) is 15.5. The highest BCUT2D eigenvalue weighted by Gasteiger charge is 2.12. The lowest BCUT2D eigenvalue weighted by atomic mass is 10.2. The van der Waals surface area contributed by atoms with Gasteiger partial charge in [0.1, 0.15) is 22.9 Å². The molecule has 0 bridgehead atoms. The number of nitrogens with one attached hydrogen (secondary N) is 2. The fourth-order valence-electron chi connectivity index (χ4n) is 2.44. The Labute approximate surface area is 163 Å². The van der Waals surface area contributed by atoms with Crippen molar-refractivity contribution in [3.8, 4) is 11.5 Å². The molecule has 1 aromatic heterocycles. The van der Waals surface area contributed by atoms with Crippen LogP contribution in [-0.2, 0) is 0 Å². The first-order valence-corrected chi connectivity index (χ1v) is 9.05. The maximum atomic E-state index is 12.4. The molecule has 28 heavy (non-hydrogen) atoms. The molecule has 0 fully saturated rings. The van der Waals surface area contributed by atoms with E-state index in [0.717, 1.165) is 12.2 Å². The van der Waals surface area contributed by atoms with Gasteiger partial charge in [-0.15, -0.1) is 0 Å². The van der Waals surface area contributed by atoms with E-state index in [-0.39, 0.29) is 23.2 Å². The standard InChI is InChI=1S/C22H21N3O3/c1-2-15-23-21(26)19-9-6-10-20(25-19)22(27)24-16-11-13-18(14-12-16)28-17-7-4-3-5-8-17/h3-14H,2,15H2,1H3,(H,23,26)(H,24,27). The van der Waals surface area contributed by atoms with Crippen LogP contribution in [0.4, 0.5) is 5.69 Å². The molecule has 0 saturated heterocycles. The van der Waals surface area contributed by atoms with Gasteiger partial charge in [0.25, 0.3) is 11.8 Å². The minimum Gasteiger partial charge on any atom is -0.457 e. The van der Waals surface area contributed by atoms with Crippen molar-refractivity contribution in [2.24, 2.45) is 0 Å². The second-order valence-electron chi connectivity index (χ2n) is 6.06. The van der Waals surface area contributed by atoms with E-state index < -0.39 is 0 Å². The molecule has 0 radical (unpaired) electrons. The van der Waals surface area contributed by atoms with Crippen molar-refractivity contribution in [3.63, 3.8) is 0 Å². The molecular formula is C22H21N3O3. The number of ether oxygens (including phenoxy) is 1. The molecular weight excluding hydrogens is 354 g/mol. The second kappa shape index (κ2) is 9.32. The minimum atomic E-state index is -0.387. The molecule has 142 valence electrons. The Hall–Kier alpha value is -3.67. The largest absolute Gasteiger partial charge is 0.457 e. The molecule has 2 aromatic carbocycles. The first-order chi connectivity index (χ1) is 13.7. The summed E-state index contributed by atoms with van der Waals surface area (Å²) in [4.78, 5) is 28.6. The second-order valence-corrected chi connectivity index (χ2v) is 6.06. The number of hydrogen-bond acceptors (Lipinski definition) is 4. The summed E-state index contributed by atoms with van der Waals surface area (Å²) in [5.41, 5.74) is 0.995. The summed E-state index contributed by atoms with van der Waals surface area (Å²) < 4.78 is 5.73. The monoisotopic (exact) mass is 375 g/mol. The zero-order valence-electron chi connectivity index (χ0n) is 15.5. The smallest absolute Gasteiger partial charge is 0.274 e. The van der Waals surface area contributed by atoms with Crippen molar-refractivity contribution < 1.29 is 14.3 Å². The van der Waals surface area contributed by atoms with Gasteiger partial charge in [-0.1, -0.05) is 31.2 Å². The number of nitrogens with zero attached hydrogens (tertiary/aromatic N) is 1. The van der Waals surface area contributed by atoms with E-state index in [4.69, 9.17) is 4.74 Å². The molecule has 0 unspecified atom stereocenters. The van der Waals surface area contributed by atoms with Crippen LogP contribution in [0.1, 0.15) is 34.3 Å². The Balaban J connectivity index is 1.63. The molecule has 6 nitrogen and oxygen atoms in total. The van der Waals surface area contributed by atoms with Crippen molar-refractivity contribution in [2.45, 2.75) is 13.3 Å². The van der Waals surface area contributed by atoms with E-state index in [1.54, 1.807) is 42.5 Å². The van der Waals surface area contributed by atoms with E-state index in [0.29, 0.717) is 18.0 Å². The average molecular weight is 375 g/mol. The predicted molar refractivity (Wildman–Crippen MR) is 108 cm³/mol. The molecule has 0 atom stereocenters. The van der Waals surface area contributed by atoms with E-state index in [9.17, 15) is 9.59 Å². The molecule has 2 amide bonds. The topological polar surface area (TPSA) is 80.3 Å². The normalized spacial score (nSPS) is 10.2. The Morgan fingerprint density at radius 3 is 2.14 bits per heavy atom. The first kappa shape index (κ1) is 19.1. The number of benzene rings is 2. The molecule has 3 aromatic rings. The van der Waals surface area contributed by atoms with E-state index in [2.05, 4.69) is 15.6 Å². The highest BCUT2D eigenvalue weighted by Crippen LogP contribution is 2.22. The number of carbonyl (C=O) groups is 2. The van der Waals surface area contributed by atoms with E-state index >= 15 is 0 Å². The van der Waals surface area contributed by atoms with Gasteiger partial charge < -0.3 is 15.4 Å². The lowest BCUT2D eigenvalue weighted by Gasteiger charge is -2.08. The summed E-state index contributed by atoms with van der Waals surface area (Å²) >= 11 is 0. The highest BCUT2D eigenvalue weighted by molar-refractivity contribution is 6.03. The van der Waals surface area contributed by atoms with Crippen LogP contribution < -0.4 is 15.4 Å². The van der Waals surface area contributed by atoms with Crippen LogP contribution in [-0.4, -0.2) is 23.3 Å². The third-order valence-corrected chi connectivity index (χ3v) is 3.84. The predicted octanol–water partition coefficient (Wildman–Crippen LogP) is 4.27. The molecule has 1 heterocycles. The number of hydrogen-bond donors (Lipinski definition) is 2. The molecule has 0 spiro atoms. The third-order valence-electron chi connectivity index (χ3n) is 3.84. The maximum absolute atomic E-state index is 12.4. The summed E-state index contributed by atoms with van der Waals surface area (Å²) in [5.74, 6) is 0.722. The van der Waals surface area contributed by atoms with Gasteiger partial charge in [-0.2, -0.15) is 0 Å². The third kappa shape index (κ3) is 5.17. The molecule has 0 aliphatic rings. The first-order valence-electron chi connectivity index (χ1n) is 9.05. The van der Waals surface area contributed by atoms with Crippen molar-refractivity contribution in [1.29, 1.82) is 0 Å². The lowest BCUT2D eigenvalue weighted by Crippen LogP contribution is -2.26. The van der Waals surface area contributed by atoms with Gasteiger partial charge in [-0.25, -0.2) is 4.98 Å². The van der Waals surface area contributed by atoms with Gasteiger partial charge >= 0.3 is 0 Å². The maximum Gasteiger partial charge on any atom is 0.274 e. The van der Waals surface area contributed by atoms with Gasteiger partial charge in [0.05, 0.1) is 0 Å². The number of pyridine rings is 1. The van der Waals surface area contributed by atoms with Gasteiger partial charge in [0.2, 0.25) is 0 Å². The molecule has 0 aliphatic heterocycles. The highest BCUT2D eigenvalue weighted by atomic mass is 16.5. The van der Waals surface area contributed by atoms with Crippen molar-refractivity contribution >= 4 is 17.5 Å². The number of rotatable bonds is 7. The molecule has 3 rings (SSSR count). The lowest BCUT2D eigenvalue weighted by molar-refractivity contribution is 0.0948. The van der Waals surface area contributed by atoms with Crippen LogP contribution in [0.25, 0.3) is 0 Å². The average Bonchev–Trinajstić information content (AvgIpc) is 2.74. The number of anilines is 1. The quantitative estimate of drug-likeness (QED) is 0.646. The van der Waals surface area contributed by atoms with Gasteiger partial charge in [0.15, 0.2) is 0 Å². The number of amides is 2. The summed E-state index contributed by atoms with van der Waals surface area (Å²) in [6.07, 6.45) is 0.829. The van der Waals surface area contributed by atoms with Crippen molar-refractivity contribution in [3.05, 3.63) is 84.2 Å². The zero-order chi connectivity index (χ0) is 19.8. The summed E-state index contributed by atoms with van der Waals surface area (Å²) in [5, 5.41) is 5.51. The molecule has 0 aliphatic carbocycles. The van der Waals surface area contributed by atoms with Crippen LogP contribution in [0.3, 0.4) is 0 Å². The summed E-state index contributed by atoms with van der Waals surface area (Å²) in [7, 11) is 0. The van der Waals surface area contributed by atoms with Crippen molar-refractivity contribution in [1.82, 2.24) is 10.3 Å². The Morgan fingerprint density at radius 1 is 0.821 bits per heavy atom. The van der Waals surface area contributed by atoms with Crippen molar-refractivity contribution in [2.75, 3.05) is 11.9 Å². The fraction of sp³-hybridized carbons (Fsp3) is 0.136. The van der Waals surface area contributed by atoms with E-state index in [1.807, 2.05) is 37.3 Å². The van der Waals surface area contributed by atoms with Crippen LogP contribution in [0.15, 0.2) is 72.8 Å². The number of para-hydroxylation sites is 1. The Morgan fingerprint density at radius 2 is 1.46 bits per heavy atom. The van der Waals surface area contributed by atoms with Gasteiger partial charge in [-0.05, 0) is 55.0 Å². The van der Waals surface area contributed by atoms with Gasteiger partial charge in [-0.3, -0.25) is 9.59 Å². The molecule has 6 heteroatoms.